The van der Waals surface area contributed by atoms with Crippen molar-refractivity contribution < 1.29 is 0 Å². The van der Waals surface area contributed by atoms with Crippen molar-refractivity contribution in [2.75, 3.05) is 19.6 Å². The van der Waals surface area contributed by atoms with Crippen LogP contribution in [0.3, 0.4) is 0 Å². The van der Waals surface area contributed by atoms with Crippen LogP contribution in [0.15, 0.2) is 0 Å². The lowest BCUT2D eigenvalue weighted by Gasteiger charge is -2.36. The SMILES string of the molecule is CC(N)CCCCN1CCC(C)(C)CC1. The third kappa shape index (κ3) is 5.53. The molecule has 0 radical (unpaired) electrons. The Balaban J connectivity index is 2.04. The zero-order valence-corrected chi connectivity index (χ0v) is 10.8. The Morgan fingerprint density at radius 3 is 2.33 bits per heavy atom. The number of hydrogen-bond acceptors (Lipinski definition) is 2. The van der Waals surface area contributed by atoms with Crippen LogP contribution < -0.4 is 5.73 Å². The van der Waals surface area contributed by atoms with Crippen LogP contribution in [0.2, 0.25) is 0 Å². The van der Waals surface area contributed by atoms with E-state index in [1.165, 1.54) is 51.7 Å². The highest BCUT2D eigenvalue weighted by Crippen LogP contribution is 2.29. The molecular weight excluding hydrogens is 184 g/mol. The zero-order chi connectivity index (χ0) is 11.3. The molecule has 0 saturated carbocycles. The van der Waals surface area contributed by atoms with Gasteiger partial charge >= 0.3 is 0 Å². The third-order valence-electron chi connectivity index (χ3n) is 3.59. The summed E-state index contributed by atoms with van der Waals surface area (Å²) in [5.41, 5.74) is 6.32. The van der Waals surface area contributed by atoms with Crippen LogP contribution in [0.4, 0.5) is 0 Å². The molecule has 0 aliphatic carbocycles. The molecule has 0 aromatic rings. The van der Waals surface area contributed by atoms with Gasteiger partial charge in [-0.05, 0) is 57.7 Å². The Bertz CT molecular complexity index is 165. The summed E-state index contributed by atoms with van der Waals surface area (Å²) in [6.07, 6.45) is 6.51. The van der Waals surface area contributed by atoms with Crippen molar-refractivity contribution >= 4 is 0 Å². The first-order chi connectivity index (χ1) is 6.99. The van der Waals surface area contributed by atoms with E-state index in [1.807, 2.05) is 0 Å². The molecule has 1 atom stereocenters. The number of unbranched alkanes of at least 4 members (excludes halogenated alkanes) is 1. The molecule has 15 heavy (non-hydrogen) atoms. The average Bonchev–Trinajstić information content (AvgIpc) is 2.14. The predicted molar refractivity (Wildman–Crippen MR) is 67.0 cm³/mol. The Morgan fingerprint density at radius 1 is 1.20 bits per heavy atom. The topological polar surface area (TPSA) is 29.3 Å². The molecule has 1 rings (SSSR count). The van der Waals surface area contributed by atoms with E-state index in [9.17, 15) is 0 Å². The molecule has 1 fully saturated rings. The Morgan fingerprint density at radius 2 is 1.80 bits per heavy atom. The van der Waals surface area contributed by atoms with E-state index >= 15 is 0 Å². The summed E-state index contributed by atoms with van der Waals surface area (Å²) >= 11 is 0. The maximum atomic E-state index is 5.73. The van der Waals surface area contributed by atoms with Gasteiger partial charge in [0, 0.05) is 6.04 Å². The minimum absolute atomic E-state index is 0.380. The summed E-state index contributed by atoms with van der Waals surface area (Å²) in [7, 11) is 0. The molecular formula is C13H28N2. The van der Waals surface area contributed by atoms with Gasteiger partial charge in [0.15, 0.2) is 0 Å². The fourth-order valence-electron chi connectivity index (χ4n) is 2.18. The van der Waals surface area contributed by atoms with Crippen molar-refractivity contribution in [2.24, 2.45) is 11.1 Å². The van der Waals surface area contributed by atoms with Crippen LogP contribution in [0.1, 0.15) is 52.9 Å². The number of nitrogens with zero attached hydrogens (tertiary/aromatic N) is 1. The lowest BCUT2D eigenvalue weighted by molar-refractivity contribution is 0.131. The zero-order valence-electron chi connectivity index (χ0n) is 10.8. The molecule has 90 valence electrons. The smallest absolute Gasteiger partial charge is 0.00104 e. The van der Waals surface area contributed by atoms with Gasteiger partial charge in [-0.25, -0.2) is 0 Å². The molecule has 1 aliphatic heterocycles. The molecule has 1 aliphatic rings. The maximum absolute atomic E-state index is 5.73. The lowest BCUT2D eigenvalue weighted by atomic mass is 9.82. The number of nitrogens with two attached hydrogens (primary N) is 1. The fraction of sp³-hybridized carbons (Fsp3) is 1.00. The first kappa shape index (κ1) is 13.0. The standard InChI is InChI=1S/C13H28N2/c1-12(14)6-4-5-9-15-10-7-13(2,3)8-11-15/h12H,4-11,14H2,1-3H3. The normalized spacial score (nSPS) is 24.0. The van der Waals surface area contributed by atoms with Gasteiger partial charge in [-0.1, -0.05) is 20.3 Å². The number of rotatable bonds is 5. The Labute approximate surface area is 95.2 Å². The monoisotopic (exact) mass is 212 g/mol. The van der Waals surface area contributed by atoms with Gasteiger partial charge in [-0.2, -0.15) is 0 Å². The van der Waals surface area contributed by atoms with Crippen molar-refractivity contribution in [3.8, 4) is 0 Å². The van der Waals surface area contributed by atoms with E-state index in [0.29, 0.717) is 11.5 Å². The Hall–Kier alpha value is -0.0800. The summed E-state index contributed by atoms with van der Waals surface area (Å²) in [6.45, 7) is 10.8. The van der Waals surface area contributed by atoms with E-state index in [1.54, 1.807) is 0 Å². The van der Waals surface area contributed by atoms with Crippen LogP contribution in [-0.4, -0.2) is 30.6 Å². The quantitative estimate of drug-likeness (QED) is 0.710. The molecule has 2 nitrogen and oxygen atoms in total. The van der Waals surface area contributed by atoms with Gasteiger partial charge < -0.3 is 10.6 Å². The summed E-state index contributed by atoms with van der Waals surface area (Å²) < 4.78 is 0. The largest absolute Gasteiger partial charge is 0.328 e. The minimum atomic E-state index is 0.380. The van der Waals surface area contributed by atoms with E-state index in [0.717, 1.165) is 0 Å². The van der Waals surface area contributed by atoms with Crippen molar-refractivity contribution in [2.45, 2.75) is 58.9 Å². The second-order valence-corrected chi connectivity index (χ2v) is 5.98. The van der Waals surface area contributed by atoms with E-state index in [2.05, 4.69) is 25.7 Å². The fourth-order valence-corrected chi connectivity index (χ4v) is 2.18. The van der Waals surface area contributed by atoms with E-state index in [4.69, 9.17) is 5.73 Å². The summed E-state index contributed by atoms with van der Waals surface area (Å²) in [4.78, 5) is 2.62. The van der Waals surface area contributed by atoms with Gasteiger partial charge in [0.05, 0.1) is 0 Å². The van der Waals surface area contributed by atoms with Crippen LogP contribution in [0, 0.1) is 5.41 Å². The first-order valence-corrected chi connectivity index (χ1v) is 6.47. The third-order valence-corrected chi connectivity index (χ3v) is 3.59. The van der Waals surface area contributed by atoms with E-state index in [-0.39, 0.29) is 0 Å². The lowest BCUT2D eigenvalue weighted by Crippen LogP contribution is -2.37. The van der Waals surface area contributed by atoms with Crippen molar-refractivity contribution in [1.29, 1.82) is 0 Å². The van der Waals surface area contributed by atoms with Gasteiger partial charge in [-0.3, -0.25) is 0 Å². The highest BCUT2D eigenvalue weighted by Gasteiger charge is 2.24. The van der Waals surface area contributed by atoms with Crippen molar-refractivity contribution in [3.63, 3.8) is 0 Å². The molecule has 0 amide bonds. The number of likely N-dealkylation sites (tertiary alicyclic amines) is 1. The van der Waals surface area contributed by atoms with Crippen molar-refractivity contribution in [3.05, 3.63) is 0 Å². The second kappa shape index (κ2) is 5.86. The summed E-state index contributed by atoms with van der Waals surface area (Å²) in [5, 5.41) is 0. The molecule has 0 aromatic carbocycles. The van der Waals surface area contributed by atoms with Gasteiger partial charge in [0.1, 0.15) is 0 Å². The van der Waals surface area contributed by atoms with Crippen molar-refractivity contribution in [1.82, 2.24) is 4.90 Å². The second-order valence-electron chi connectivity index (χ2n) is 5.98. The molecule has 2 heteroatoms. The average molecular weight is 212 g/mol. The molecule has 1 heterocycles. The van der Waals surface area contributed by atoms with Crippen LogP contribution in [-0.2, 0) is 0 Å². The molecule has 0 aromatic heterocycles. The van der Waals surface area contributed by atoms with E-state index < -0.39 is 0 Å². The molecule has 1 saturated heterocycles. The highest BCUT2D eigenvalue weighted by atomic mass is 15.1. The minimum Gasteiger partial charge on any atom is -0.328 e. The summed E-state index contributed by atoms with van der Waals surface area (Å²) in [5.74, 6) is 0. The van der Waals surface area contributed by atoms with Crippen LogP contribution in [0.25, 0.3) is 0 Å². The summed E-state index contributed by atoms with van der Waals surface area (Å²) in [6, 6.07) is 0.380. The van der Waals surface area contributed by atoms with Crippen LogP contribution >= 0.6 is 0 Å². The van der Waals surface area contributed by atoms with Gasteiger partial charge in [-0.15, -0.1) is 0 Å². The number of piperidine rings is 1. The number of hydrogen-bond donors (Lipinski definition) is 1. The predicted octanol–water partition coefficient (Wildman–Crippen LogP) is 2.63. The molecule has 2 N–H and O–H groups in total. The molecule has 0 spiro atoms. The highest BCUT2D eigenvalue weighted by molar-refractivity contribution is 4.78. The van der Waals surface area contributed by atoms with Gasteiger partial charge in [0.2, 0.25) is 0 Å². The molecule has 1 unspecified atom stereocenters. The maximum Gasteiger partial charge on any atom is 0.00104 e. The van der Waals surface area contributed by atoms with Crippen LogP contribution in [0.5, 0.6) is 0 Å². The van der Waals surface area contributed by atoms with Gasteiger partial charge in [0.25, 0.3) is 0 Å². The Kier molecular flexibility index (Phi) is 5.07. The molecule has 0 bridgehead atoms. The first-order valence-electron chi connectivity index (χ1n) is 6.47.